The van der Waals surface area contributed by atoms with Crippen LogP contribution in [0.15, 0.2) is 30.3 Å². The zero-order valence-electron chi connectivity index (χ0n) is 11.6. The monoisotopic (exact) mass is 261 g/mol. The Morgan fingerprint density at radius 2 is 2.05 bits per heavy atom. The molecule has 0 bridgehead atoms. The number of nitrogens with zero attached hydrogens (tertiary/aromatic N) is 1. The number of carbonyl (C=O) groups is 1. The Kier molecular flexibility index (Phi) is 4.97. The number of benzene rings is 1. The van der Waals surface area contributed by atoms with E-state index < -0.39 is 5.97 Å². The van der Waals surface area contributed by atoms with Crippen molar-refractivity contribution < 1.29 is 9.90 Å². The Hall–Kier alpha value is -1.35. The van der Waals surface area contributed by atoms with Crippen LogP contribution in [0.5, 0.6) is 0 Å². The van der Waals surface area contributed by atoms with Crippen molar-refractivity contribution in [2.75, 3.05) is 13.1 Å². The van der Waals surface area contributed by atoms with E-state index in [2.05, 4.69) is 29.2 Å². The van der Waals surface area contributed by atoms with E-state index in [1.165, 1.54) is 5.56 Å². The molecule has 1 heterocycles. The van der Waals surface area contributed by atoms with Crippen LogP contribution >= 0.6 is 0 Å². The summed E-state index contributed by atoms with van der Waals surface area (Å²) >= 11 is 0. The lowest BCUT2D eigenvalue weighted by atomic mass is 9.88. The van der Waals surface area contributed by atoms with Crippen LogP contribution in [0.2, 0.25) is 0 Å². The summed E-state index contributed by atoms with van der Waals surface area (Å²) in [6, 6.07) is 10.5. The minimum atomic E-state index is -0.651. The molecule has 1 N–H and O–H groups in total. The summed E-state index contributed by atoms with van der Waals surface area (Å²) in [5.41, 5.74) is 1.34. The van der Waals surface area contributed by atoms with Crippen LogP contribution in [0, 0.1) is 11.8 Å². The van der Waals surface area contributed by atoms with Crippen molar-refractivity contribution in [2.45, 2.75) is 32.7 Å². The highest BCUT2D eigenvalue weighted by molar-refractivity contribution is 5.69. The van der Waals surface area contributed by atoms with E-state index in [1.807, 2.05) is 13.0 Å². The molecule has 1 aliphatic heterocycles. The van der Waals surface area contributed by atoms with Crippen LogP contribution in [0.4, 0.5) is 0 Å². The second-order valence-corrected chi connectivity index (χ2v) is 5.58. The topological polar surface area (TPSA) is 40.5 Å². The molecule has 0 amide bonds. The summed E-state index contributed by atoms with van der Waals surface area (Å²) in [5.74, 6) is -0.531. The van der Waals surface area contributed by atoms with E-state index in [-0.39, 0.29) is 5.92 Å². The molecule has 0 radical (unpaired) electrons. The van der Waals surface area contributed by atoms with Gasteiger partial charge in [-0.25, -0.2) is 0 Å². The Labute approximate surface area is 115 Å². The first kappa shape index (κ1) is 14.1. The molecule has 3 heteroatoms. The fourth-order valence-electron chi connectivity index (χ4n) is 2.88. The largest absolute Gasteiger partial charge is 0.481 e. The zero-order chi connectivity index (χ0) is 13.7. The molecule has 2 rings (SSSR count). The zero-order valence-corrected chi connectivity index (χ0v) is 11.6. The number of likely N-dealkylation sites (tertiary alicyclic amines) is 1. The number of carboxylic acids is 1. The maximum Gasteiger partial charge on any atom is 0.306 e. The molecule has 1 aromatic rings. The molecule has 2 unspecified atom stereocenters. The van der Waals surface area contributed by atoms with E-state index in [0.717, 1.165) is 38.9 Å². The lowest BCUT2D eigenvalue weighted by molar-refractivity contribution is -0.143. The quantitative estimate of drug-likeness (QED) is 0.905. The summed E-state index contributed by atoms with van der Waals surface area (Å²) < 4.78 is 0. The minimum Gasteiger partial charge on any atom is -0.481 e. The van der Waals surface area contributed by atoms with Crippen LogP contribution in [-0.2, 0) is 11.3 Å². The number of hydrogen-bond acceptors (Lipinski definition) is 2. The van der Waals surface area contributed by atoms with Crippen LogP contribution in [0.25, 0.3) is 0 Å². The maximum absolute atomic E-state index is 11.1. The third-order valence-electron chi connectivity index (χ3n) is 4.21. The number of rotatable bonds is 4. The second kappa shape index (κ2) is 6.71. The van der Waals surface area contributed by atoms with Gasteiger partial charge in [-0.2, -0.15) is 0 Å². The van der Waals surface area contributed by atoms with E-state index in [1.54, 1.807) is 0 Å². The van der Waals surface area contributed by atoms with Crippen LogP contribution < -0.4 is 0 Å². The van der Waals surface area contributed by atoms with Crippen molar-refractivity contribution in [3.63, 3.8) is 0 Å². The van der Waals surface area contributed by atoms with Crippen molar-refractivity contribution >= 4 is 5.97 Å². The van der Waals surface area contributed by atoms with E-state index in [9.17, 15) is 4.79 Å². The summed E-state index contributed by atoms with van der Waals surface area (Å²) in [6.45, 7) is 4.92. The SMILES string of the molecule is CC(C(=O)O)C1CCCN(Cc2ccccc2)CC1. The van der Waals surface area contributed by atoms with E-state index >= 15 is 0 Å². The molecule has 1 aromatic carbocycles. The normalized spacial score (nSPS) is 22.7. The number of carboxylic acid groups (broad SMARTS) is 1. The van der Waals surface area contributed by atoms with Gasteiger partial charge in [-0.15, -0.1) is 0 Å². The average Bonchev–Trinajstić information content (AvgIpc) is 2.64. The van der Waals surface area contributed by atoms with Gasteiger partial charge in [0.2, 0.25) is 0 Å². The first-order chi connectivity index (χ1) is 9.16. The van der Waals surface area contributed by atoms with E-state index in [4.69, 9.17) is 5.11 Å². The van der Waals surface area contributed by atoms with Crippen molar-refractivity contribution in [3.8, 4) is 0 Å². The molecule has 0 spiro atoms. The van der Waals surface area contributed by atoms with Gasteiger partial charge in [0.15, 0.2) is 0 Å². The molecule has 104 valence electrons. The van der Waals surface area contributed by atoms with Gasteiger partial charge in [-0.05, 0) is 43.8 Å². The summed E-state index contributed by atoms with van der Waals surface area (Å²) in [4.78, 5) is 13.5. The van der Waals surface area contributed by atoms with Crippen LogP contribution in [0.3, 0.4) is 0 Å². The third kappa shape index (κ3) is 4.06. The lowest BCUT2D eigenvalue weighted by Gasteiger charge is -2.21. The standard InChI is InChI=1S/C16H23NO2/c1-13(16(18)19)15-8-5-10-17(11-9-15)12-14-6-3-2-4-7-14/h2-4,6-7,13,15H,5,8-12H2,1H3,(H,18,19). The Morgan fingerprint density at radius 3 is 2.74 bits per heavy atom. The molecule has 3 nitrogen and oxygen atoms in total. The third-order valence-corrected chi connectivity index (χ3v) is 4.21. The fraction of sp³-hybridized carbons (Fsp3) is 0.562. The molecule has 1 aliphatic rings. The van der Waals surface area contributed by atoms with Crippen molar-refractivity contribution in [1.82, 2.24) is 4.90 Å². The van der Waals surface area contributed by atoms with Crippen LogP contribution in [-0.4, -0.2) is 29.1 Å². The van der Waals surface area contributed by atoms with Gasteiger partial charge < -0.3 is 5.11 Å². The smallest absolute Gasteiger partial charge is 0.306 e. The second-order valence-electron chi connectivity index (χ2n) is 5.58. The molecular formula is C16H23NO2. The first-order valence-electron chi connectivity index (χ1n) is 7.16. The highest BCUT2D eigenvalue weighted by atomic mass is 16.4. The van der Waals surface area contributed by atoms with Gasteiger partial charge in [0.1, 0.15) is 0 Å². The summed E-state index contributed by atoms with van der Waals surface area (Å²) in [5, 5.41) is 9.11. The van der Waals surface area contributed by atoms with Gasteiger partial charge in [-0.1, -0.05) is 37.3 Å². The Balaban J connectivity index is 1.88. The maximum atomic E-state index is 11.1. The number of hydrogen-bond donors (Lipinski definition) is 1. The Bertz CT molecular complexity index is 404. The fourth-order valence-corrected chi connectivity index (χ4v) is 2.88. The van der Waals surface area contributed by atoms with Crippen molar-refractivity contribution in [3.05, 3.63) is 35.9 Å². The van der Waals surface area contributed by atoms with Gasteiger partial charge in [-0.3, -0.25) is 9.69 Å². The Morgan fingerprint density at radius 1 is 1.32 bits per heavy atom. The van der Waals surface area contributed by atoms with Gasteiger partial charge in [0.25, 0.3) is 0 Å². The molecule has 19 heavy (non-hydrogen) atoms. The lowest BCUT2D eigenvalue weighted by Crippen LogP contribution is -2.25. The highest BCUT2D eigenvalue weighted by Gasteiger charge is 2.26. The molecule has 1 saturated heterocycles. The van der Waals surface area contributed by atoms with E-state index in [0.29, 0.717) is 5.92 Å². The van der Waals surface area contributed by atoms with Crippen molar-refractivity contribution in [2.24, 2.45) is 11.8 Å². The predicted molar refractivity (Wildman–Crippen MR) is 75.9 cm³/mol. The minimum absolute atomic E-state index is 0.211. The summed E-state index contributed by atoms with van der Waals surface area (Å²) in [6.07, 6.45) is 3.15. The van der Waals surface area contributed by atoms with Crippen LogP contribution in [0.1, 0.15) is 31.7 Å². The highest BCUT2D eigenvalue weighted by Crippen LogP contribution is 2.25. The van der Waals surface area contributed by atoms with Gasteiger partial charge >= 0.3 is 5.97 Å². The molecule has 1 fully saturated rings. The molecule has 0 aromatic heterocycles. The van der Waals surface area contributed by atoms with Gasteiger partial charge in [0, 0.05) is 6.54 Å². The first-order valence-corrected chi connectivity index (χ1v) is 7.16. The van der Waals surface area contributed by atoms with Crippen molar-refractivity contribution in [1.29, 1.82) is 0 Å². The summed E-state index contributed by atoms with van der Waals surface area (Å²) in [7, 11) is 0. The average molecular weight is 261 g/mol. The predicted octanol–water partition coefficient (Wildman–Crippen LogP) is 3.01. The number of aliphatic carboxylic acids is 1. The molecular weight excluding hydrogens is 238 g/mol. The molecule has 2 atom stereocenters. The molecule has 0 aliphatic carbocycles. The molecule has 0 saturated carbocycles. The van der Waals surface area contributed by atoms with Gasteiger partial charge in [0.05, 0.1) is 5.92 Å².